The van der Waals surface area contributed by atoms with Gasteiger partial charge < -0.3 is 14.5 Å². The molecule has 7 rings (SSSR count). The van der Waals surface area contributed by atoms with Gasteiger partial charge in [-0.25, -0.2) is 9.97 Å². The molecule has 1 aromatic carbocycles. The number of hydrogen-bond acceptors (Lipinski definition) is 4. The van der Waals surface area contributed by atoms with Gasteiger partial charge in [-0.2, -0.15) is 0 Å². The molecule has 3 fully saturated rings. The maximum absolute atomic E-state index is 5.34. The summed E-state index contributed by atoms with van der Waals surface area (Å²) < 4.78 is 4.88. The number of hydrogen-bond donors (Lipinski definition) is 1. The minimum absolute atomic E-state index is 0.682. The van der Waals surface area contributed by atoms with Crippen molar-refractivity contribution in [2.75, 3.05) is 19.6 Å². The lowest BCUT2D eigenvalue weighted by atomic mass is 9.92. The molecule has 2 saturated heterocycles. The first-order chi connectivity index (χ1) is 17.7. The molecule has 3 aliphatic rings. The Hall–Kier alpha value is -2.70. The van der Waals surface area contributed by atoms with Crippen molar-refractivity contribution in [2.45, 2.75) is 71.6 Å². The van der Waals surface area contributed by atoms with Crippen LogP contribution in [0.4, 0.5) is 0 Å². The van der Waals surface area contributed by atoms with Crippen LogP contribution >= 0.6 is 0 Å². The summed E-state index contributed by atoms with van der Waals surface area (Å²) in [5.74, 6) is 2.75. The molecule has 1 saturated carbocycles. The Bertz CT molecular complexity index is 1410. The van der Waals surface area contributed by atoms with Crippen molar-refractivity contribution >= 4 is 22.1 Å². The third-order valence-corrected chi connectivity index (χ3v) is 8.87. The van der Waals surface area contributed by atoms with E-state index in [-0.39, 0.29) is 0 Å². The van der Waals surface area contributed by atoms with Gasteiger partial charge in [0.15, 0.2) is 5.82 Å². The van der Waals surface area contributed by atoms with Crippen LogP contribution in [0.25, 0.3) is 33.6 Å². The van der Waals surface area contributed by atoms with E-state index in [1.54, 1.807) is 0 Å². The molecular weight excluding hydrogens is 444 g/mol. The maximum Gasteiger partial charge on any atom is 0.157 e. The fourth-order valence-corrected chi connectivity index (χ4v) is 6.80. The second-order valence-corrected chi connectivity index (χ2v) is 11.3. The molecule has 1 aliphatic carbocycles. The van der Waals surface area contributed by atoms with Gasteiger partial charge in [0.1, 0.15) is 5.65 Å². The highest BCUT2D eigenvalue weighted by molar-refractivity contribution is 5.88. The van der Waals surface area contributed by atoms with Gasteiger partial charge in [-0.3, -0.25) is 4.90 Å². The average molecular weight is 483 g/mol. The van der Waals surface area contributed by atoms with E-state index in [1.165, 1.54) is 73.0 Å². The van der Waals surface area contributed by atoms with Crippen molar-refractivity contribution in [3.63, 3.8) is 0 Å². The number of benzene rings is 1. The van der Waals surface area contributed by atoms with Crippen molar-refractivity contribution in [3.05, 3.63) is 47.7 Å². The number of imidazole rings is 1. The Morgan fingerprint density at radius 3 is 2.81 bits per heavy atom. The number of nitrogens with one attached hydrogen (secondary N) is 1. The first-order valence-electron chi connectivity index (χ1n) is 14.1. The van der Waals surface area contributed by atoms with E-state index < -0.39 is 0 Å². The summed E-state index contributed by atoms with van der Waals surface area (Å²) in [6.45, 7) is 11.1. The summed E-state index contributed by atoms with van der Waals surface area (Å²) in [4.78, 5) is 12.8. The van der Waals surface area contributed by atoms with Crippen LogP contribution in [-0.2, 0) is 26.1 Å². The minimum Gasteiger partial charge on any atom is -0.323 e. The molecule has 0 bridgehead atoms. The Morgan fingerprint density at radius 1 is 1.06 bits per heavy atom. The predicted molar refractivity (Wildman–Crippen MR) is 146 cm³/mol. The first-order valence-corrected chi connectivity index (χ1v) is 14.1. The van der Waals surface area contributed by atoms with Gasteiger partial charge in [0.25, 0.3) is 0 Å². The summed E-state index contributed by atoms with van der Waals surface area (Å²) in [5.41, 5.74) is 7.58. The van der Waals surface area contributed by atoms with Crippen LogP contribution in [0.5, 0.6) is 0 Å². The number of likely N-dealkylation sites (tertiary alicyclic amines) is 1. The van der Waals surface area contributed by atoms with E-state index in [0.717, 1.165) is 54.9 Å². The van der Waals surface area contributed by atoms with Crippen molar-refractivity contribution < 1.29 is 0 Å². The molecule has 1 N–H and O–H groups in total. The topological polar surface area (TPSA) is 50.9 Å². The number of aromatic nitrogens is 4. The van der Waals surface area contributed by atoms with Gasteiger partial charge in [-0.05, 0) is 99.3 Å². The summed E-state index contributed by atoms with van der Waals surface area (Å²) in [6.07, 6.45) is 8.28. The van der Waals surface area contributed by atoms with Crippen LogP contribution in [0.1, 0.15) is 50.7 Å². The lowest BCUT2D eigenvalue weighted by Crippen LogP contribution is -2.45. The molecule has 0 amide bonds. The SMILES string of the molecule is CCc1cc(CN2CC[C@@H]3CCN[C@@H]3C2)cc2nc(-c3cc4cccnc4n3CC3CC3)n(CC)c12. The minimum atomic E-state index is 0.682. The average Bonchev–Trinajstić information content (AvgIpc) is 3.30. The second-order valence-electron chi connectivity index (χ2n) is 11.3. The molecule has 0 spiro atoms. The van der Waals surface area contributed by atoms with Gasteiger partial charge in [0.2, 0.25) is 0 Å². The van der Waals surface area contributed by atoms with Crippen molar-refractivity contribution in [2.24, 2.45) is 11.8 Å². The standard InChI is InChI=1S/C30H38N6/c1-3-22-14-21(17-34-13-10-23-9-12-31-26(23)19-34)15-25-28(22)35(4-2)30(33-25)27-16-24-6-5-11-32-29(24)36(27)18-20-7-8-20/h5-6,11,14-16,20,23,26,31H,3-4,7-10,12-13,17-19H2,1-2H3/t23-,26+/m0/s1. The Labute approximate surface area is 213 Å². The van der Waals surface area contributed by atoms with Gasteiger partial charge in [0, 0.05) is 43.8 Å². The van der Waals surface area contributed by atoms with E-state index in [2.05, 4.69) is 57.5 Å². The molecule has 0 unspecified atom stereocenters. The van der Waals surface area contributed by atoms with E-state index in [9.17, 15) is 0 Å². The maximum atomic E-state index is 5.34. The highest BCUT2D eigenvalue weighted by atomic mass is 15.2. The van der Waals surface area contributed by atoms with E-state index in [4.69, 9.17) is 9.97 Å². The Morgan fingerprint density at radius 2 is 1.97 bits per heavy atom. The highest BCUT2D eigenvalue weighted by Gasteiger charge is 2.32. The predicted octanol–water partition coefficient (Wildman–Crippen LogP) is 5.23. The third-order valence-electron chi connectivity index (χ3n) is 8.87. The number of piperidine rings is 1. The van der Waals surface area contributed by atoms with Crippen LogP contribution in [0.2, 0.25) is 0 Å². The van der Waals surface area contributed by atoms with Crippen molar-refractivity contribution in [3.8, 4) is 11.5 Å². The highest BCUT2D eigenvalue weighted by Crippen LogP contribution is 2.37. The quantitative estimate of drug-likeness (QED) is 0.392. The van der Waals surface area contributed by atoms with Gasteiger partial charge in [0.05, 0.1) is 16.7 Å². The number of aryl methyl sites for hydroxylation is 2. The van der Waals surface area contributed by atoms with Crippen LogP contribution < -0.4 is 5.32 Å². The third kappa shape index (κ3) is 3.86. The molecule has 5 heterocycles. The molecule has 3 aromatic heterocycles. The van der Waals surface area contributed by atoms with E-state index in [0.29, 0.717) is 6.04 Å². The molecule has 2 atom stereocenters. The smallest absolute Gasteiger partial charge is 0.157 e. The van der Waals surface area contributed by atoms with E-state index >= 15 is 0 Å². The van der Waals surface area contributed by atoms with Gasteiger partial charge >= 0.3 is 0 Å². The molecule has 0 radical (unpaired) electrons. The molecular formula is C30H38N6. The zero-order valence-corrected chi connectivity index (χ0v) is 21.7. The fraction of sp³-hybridized carbons (Fsp3) is 0.533. The fourth-order valence-electron chi connectivity index (χ4n) is 6.80. The first kappa shape index (κ1) is 22.5. The molecule has 4 aromatic rings. The lowest BCUT2D eigenvalue weighted by molar-refractivity contribution is 0.159. The number of rotatable bonds is 7. The van der Waals surface area contributed by atoms with Crippen LogP contribution in [0.3, 0.4) is 0 Å². The zero-order valence-electron chi connectivity index (χ0n) is 21.7. The van der Waals surface area contributed by atoms with Gasteiger partial charge in [-0.15, -0.1) is 0 Å². The largest absolute Gasteiger partial charge is 0.323 e. The Kier molecular flexibility index (Phi) is 5.62. The summed E-state index contributed by atoms with van der Waals surface area (Å²) in [6, 6.07) is 12.0. The summed E-state index contributed by atoms with van der Waals surface area (Å²) in [7, 11) is 0. The van der Waals surface area contributed by atoms with Crippen LogP contribution in [-0.4, -0.2) is 49.7 Å². The molecule has 2 aliphatic heterocycles. The normalized spacial score (nSPS) is 22.6. The van der Waals surface area contributed by atoms with Crippen molar-refractivity contribution in [1.82, 2.24) is 29.3 Å². The van der Waals surface area contributed by atoms with Crippen molar-refractivity contribution in [1.29, 1.82) is 0 Å². The second kappa shape index (κ2) is 9.00. The molecule has 6 nitrogen and oxygen atoms in total. The van der Waals surface area contributed by atoms with Crippen LogP contribution in [0.15, 0.2) is 36.5 Å². The number of pyridine rings is 1. The zero-order chi connectivity index (χ0) is 24.2. The van der Waals surface area contributed by atoms with Gasteiger partial charge in [-0.1, -0.05) is 13.0 Å². The lowest BCUT2D eigenvalue weighted by Gasteiger charge is -2.35. The van der Waals surface area contributed by atoms with Crippen LogP contribution in [0, 0.1) is 11.8 Å². The monoisotopic (exact) mass is 482 g/mol. The van der Waals surface area contributed by atoms with E-state index in [1.807, 2.05) is 12.3 Å². The molecule has 36 heavy (non-hydrogen) atoms. The summed E-state index contributed by atoms with van der Waals surface area (Å²) in [5, 5.41) is 4.94. The number of fused-ring (bicyclic) bond motifs is 3. The number of nitrogens with zero attached hydrogens (tertiary/aromatic N) is 5. The molecule has 188 valence electrons. The summed E-state index contributed by atoms with van der Waals surface area (Å²) >= 11 is 0. The Balaban J connectivity index is 1.30. The molecule has 6 heteroatoms.